The standard InChI is InChI=1S/C17H30O2/c1-4-8-14-10-7-12-16(19)17(14)15(18)11-6-5-9-13(2)3/h4-5,9,13-19H,1,6-8,10-12H2,2-3H3/b9-5+/t14-,15?,16+,17?/m0/s1. The van der Waals surface area contributed by atoms with Crippen LogP contribution < -0.4 is 0 Å². The van der Waals surface area contributed by atoms with Gasteiger partial charge in [0.05, 0.1) is 12.2 Å². The number of hydrogen-bond donors (Lipinski definition) is 2. The zero-order chi connectivity index (χ0) is 14.3. The fourth-order valence-electron chi connectivity index (χ4n) is 3.18. The molecule has 4 atom stereocenters. The maximum Gasteiger partial charge on any atom is 0.0598 e. The molecular weight excluding hydrogens is 236 g/mol. The Morgan fingerprint density at radius 3 is 2.68 bits per heavy atom. The zero-order valence-electron chi connectivity index (χ0n) is 12.5. The zero-order valence-corrected chi connectivity index (χ0v) is 12.5. The maximum atomic E-state index is 10.4. The van der Waals surface area contributed by atoms with Gasteiger partial charge in [-0.05, 0) is 43.9 Å². The summed E-state index contributed by atoms with van der Waals surface area (Å²) < 4.78 is 0. The molecular formula is C17H30O2. The lowest BCUT2D eigenvalue weighted by Crippen LogP contribution is -2.40. The predicted molar refractivity (Wildman–Crippen MR) is 80.9 cm³/mol. The number of rotatable bonds is 7. The Morgan fingerprint density at radius 2 is 2.05 bits per heavy atom. The third-order valence-electron chi connectivity index (χ3n) is 4.13. The van der Waals surface area contributed by atoms with Gasteiger partial charge in [0.15, 0.2) is 0 Å². The van der Waals surface area contributed by atoms with Crippen molar-refractivity contribution >= 4 is 0 Å². The van der Waals surface area contributed by atoms with Crippen LogP contribution in [0.1, 0.15) is 52.4 Å². The first kappa shape index (κ1) is 16.5. The van der Waals surface area contributed by atoms with Crippen molar-refractivity contribution in [1.29, 1.82) is 0 Å². The van der Waals surface area contributed by atoms with E-state index in [2.05, 4.69) is 32.6 Å². The van der Waals surface area contributed by atoms with Gasteiger partial charge in [-0.25, -0.2) is 0 Å². The molecule has 0 aliphatic heterocycles. The third-order valence-corrected chi connectivity index (χ3v) is 4.13. The molecule has 110 valence electrons. The van der Waals surface area contributed by atoms with E-state index in [-0.39, 0.29) is 12.0 Å². The lowest BCUT2D eigenvalue weighted by atomic mass is 9.72. The average Bonchev–Trinajstić information content (AvgIpc) is 2.35. The van der Waals surface area contributed by atoms with E-state index in [0.717, 1.165) is 38.5 Å². The summed E-state index contributed by atoms with van der Waals surface area (Å²) in [5.41, 5.74) is 0. The third kappa shape index (κ3) is 5.50. The number of aliphatic hydroxyl groups excluding tert-OH is 2. The van der Waals surface area contributed by atoms with Gasteiger partial charge in [0.1, 0.15) is 0 Å². The molecule has 1 fully saturated rings. The van der Waals surface area contributed by atoms with Crippen LogP contribution in [0.4, 0.5) is 0 Å². The molecule has 19 heavy (non-hydrogen) atoms. The van der Waals surface area contributed by atoms with Crippen molar-refractivity contribution in [3.8, 4) is 0 Å². The van der Waals surface area contributed by atoms with Crippen LogP contribution in [0.5, 0.6) is 0 Å². The quantitative estimate of drug-likeness (QED) is 0.690. The first-order valence-corrected chi connectivity index (χ1v) is 7.70. The van der Waals surface area contributed by atoms with Gasteiger partial charge in [0.2, 0.25) is 0 Å². The minimum Gasteiger partial charge on any atom is -0.393 e. The average molecular weight is 266 g/mol. The highest BCUT2D eigenvalue weighted by Gasteiger charge is 2.35. The van der Waals surface area contributed by atoms with E-state index in [0.29, 0.717) is 11.8 Å². The van der Waals surface area contributed by atoms with Gasteiger partial charge in [0.25, 0.3) is 0 Å². The monoisotopic (exact) mass is 266 g/mol. The van der Waals surface area contributed by atoms with Gasteiger partial charge in [-0.15, -0.1) is 6.58 Å². The second-order valence-electron chi connectivity index (χ2n) is 6.18. The van der Waals surface area contributed by atoms with Crippen LogP contribution in [0.15, 0.2) is 24.8 Å². The van der Waals surface area contributed by atoms with Crippen LogP contribution in [0, 0.1) is 17.8 Å². The summed E-state index contributed by atoms with van der Waals surface area (Å²) in [5, 5.41) is 20.5. The number of aliphatic hydroxyl groups is 2. The summed E-state index contributed by atoms with van der Waals surface area (Å²) in [7, 11) is 0. The largest absolute Gasteiger partial charge is 0.393 e. The molecule has 0 spiro atoms. The van der Waals surface area contributed by atoms with Crippen molar-refractivity contribution in [1.82, 2.24) is 0 Å². The normalized spacial score (nSPS) is 29.8. The topological polar surface area (TPSA) is 40.5 Å². The molecule has 2 N–H and O–H groups in total. The van der Waals surface area contributed by atoms with E-state index in [1.807, 2.05) is 6.08 Å². The summed E-state index contributed by atoms with van der Waals surface area (Å²) in [4.78, 5) is 0. The number of hydrogen-bond acceptors (Lipinski definition) is 2. The van der Waals surface area contributed by atoms with Crippen LogP contribution in [0.25, 0.3) is 0 Å². The Bertz CT molecular complexity index is 283. The van der Waals surface area contributed by atoms with Crippen LogP contribution in [-0.4, -0.2) is 22.4 Å². The van der Waals surface area contributed by atoms with Crippen LogP contribution in [-0.2, 0) is 0 Å². The minimum absolute atomic E-state index is 0.0270. The minimum atomic E-state index is -0.392. The van der Waals surface area contributed by atoms with E-state index in [4.69, 9.17) is 0 Å². The lowest BCUT2D eigenvalue weighted by Gasteiger charge is -2.38. The highest BCUT2D eigenvalue weighted by molar-refractivity contribution is 4.91. The van der Waals surface area contributed by atoms with E-state index in [9.17, 15) is 10.2 Å². The molecule has 0 radical (unpaired) electrons. The Kier molecular flexibility index (Phi) is 7.40. The van der Waals surface area contributed by atoms with Gasteiger partial charge < -0.3 is 10.2 Å². The van der Waals surface area contributed by atoms with Crippen molar-refractivity contribution in [3.63, 3.8) is 0 Å². The molecule has 1 saturated carbocycles. The molecule has 1 rings (SSSR count). The van der Waals surface area contributed by atoms with Crippen LogP contribution in [0.2, 0.25) is 0 Å². The molecule has 0 aromatic carbocycles. The van der Waals surface area contributed by atoms with Gasteiger partial charge >= 0.3 is 0 Å². The molecule has 1 aliphatic carbocycles. The smallest absolute Gasteiger partial charge is 0.0598 e. The molecule has 0 heterocycles. The second-order valence-corrected chi connectivity index (χ2v) is 6.18. The molecule has 0 aromatic heterocycles. The van der Waals surface area contributed by atoms with Gasteiger partial charge in [-0.1, -0.05) is 38.5 Å². The Balaban J connectivity index is 2.50. The van der Waals surface area contributed by atoms with Crippen molar-refractivity contribution < 1.29 is 10.2 Å². The van der Waals surface area contributed by atoms with Crippen molar-refractivity contribution in [2.45, 2.75) is 64.6 Å². The summed E-state index contributed by atoms with van der Waals surface area (Å²) in [6, 6.07) is 0. The fourth-order valence-corrected chi connectivity index (χ4v) is 3.18. The summed E-state index contributed by atoms with van der Waals surface area (Å²) in [6.07, 6.45) is 11.0. The van der Waals surface area contributed by atoms with Crippen LogP contribution in [0.3, 0.4) is 0 Å². The molecule has 2 nitrogen and oxygen atoms in total. The second kappa shape index (κ2) is 8.55. The van der Waals surface area contributed by atoms with Crippen molar-refractivity contribution in [3.05, 3.63) is 24.8 Å². The maximum absolute atomic E-state index is 10.4. The van der Waals surface area contributed by atoms with E-state index >= 15 is 0 Å². The van der Waals surface area contributed by atoms with E-state index in [1.54, 1.807) is 0 Å². The highest BCUT2D eigenvalue weighted by Crippen LogP contribution is 2.36. The predicted octanol–water partition coefficient (Wildman–Crippen LogP) is 3.69. The molecule has 0 saturated heterocycles. The first-order chi connectivity index (χ1) is 9.06. The van der Waals surface area contributed by atoms with Crippen molar-refractivity contribution in [2.75, 3.05) is 0 Å². The molecule has 2 unspecified atom stereocenters. The van der Waals surface area contributed by atoms with Crippen LogP contribution >= 0.6 is 0 Å². The Labute approximate surface area is 118 Å². The summed E-state index contributed by atoms with van der Waals surface area (Å²) in [6.45, 7) is 8.10. The molecule has 0 amide bonds. The molecule has 0 aromatic rings. The van der Waals surface area contributed by atoms with Gasteiger partial charge in [-0.3, -0.25) is 0 Å². The number of allylic oxidation sites excluding steroid dienone is 3. The summed E-state index contributed by atoms with van der Waals surface area (Å²) in [5.74, 6) is 0.982. The first-order valence-electron chi connectivity index (χ1n) is 7.70. The SMILES string of the molecule is C=CC[C@H]1CCC[C@@H](O)C1C(O)CC/C=C/C(C)C. The van der Waals surface area contributed by atoms with Gasteiger partial charge in [-0.2, -0.15) is 0 Å². The molecule has 0 bridgehead atoms. The lowest BCUT2D eigenvalue weighted by molar-refractivity contribution is -0.0457. The Hall–Kier alpha value is -0.600. The Morgan fingerprint density at radius 1 is 1.32 bits per heavy atom. The van der Waals surface area contributed by atoms with E-state index in [1.165, 1.54) is 0 Å². The molecule has 2 heteroatoms. The highest BCUT2D eigenvalue weighted by atomic mass is 16.3. The molecule has 1 aliphatic rings. The fraction of sp³-hybridized carbons (Fsp3) is 0.765. The van der Waals surface area contributed by atoms with Crippen molar-refractivity contribution in [2.24, 2.45) is 17.8 Å². The summed E-state index contributed by atoms with van der Waals surface area (Å²) >= 11 is 0. The van der Waals surface area contributed by atoms with Gasteiger partial charge in [0, 0.05) is 5.92 Å². The van der Waals surface area contributed by atoms with E-state index < -0.39 is 6.10 Å².